The van der Waals surface area contributed by atoms with E-state index in [0.29, 0.717) is 10.2 Å². The number of sulfonamides is 1. The van der Waals surface area contributed by atoms with Crippen LogP contribution in [0.1, 0.15) is 13.8 Å². The van der Waals surface area contributed by atoms with Crippen molar-refractivity contribution < 1.29 is 8.42 Å². The van der Waals surface area contributed by atoms with Crippen LogP contribution in [-0.2, 0) is 10.0 Å². The van der Waals surface area contributed by atoms with Crippen molar-refractivity contribution in [3.8, 4) is 0 Å². The molecule has 0 aliphatic heterocycles. The van der Waals surface area contributed by atoms with E-state index in [2.05, 4.69) is 15.9 Å². The van der Waals surface area contributed by atoms with Crippen LogP contribution in [0.4, 0.5) is 5.69 Å². The molecule has 90 valence electrons. The third-order valence-electron chi connectivity index (χ3n) is 2.38. The summed E-state index contributed by atoms with van der Waals surface area (Å²) in [6.45, 7) is 3.65. The van der Waals surface area contributed by atoms with Gasteiger partial charge in [-0.3, -0.25) is 0 Å². The summed E-state index contributed by atoms with van der Waals surface area (Å²) in [6, 6.07) is 4.52. The lowest BCUT2D eigenvalue weighted by Gasteiger charge is -2.21. The average molecular weight is 307 g/mol. The Morgan fingerprint density at radius 1 is 1.38 bits per heavy atom. The Morgan fingerprint density at radius 3 is 2.38 bits per heavy atom. The number of hydrogen-bond acceptors (Lipinski definition) is 3. The third-order valence-corrected chi connectivity index (χ3v) is 5.09. The second-order valence-corrected chi connectivity index (χ2v) is 6.65. The maximum absolute atomic E-state index is 12.1. The molecular weight excluding hydrogens is 292 g/mol. The number of hydrogen-bond donors (Lipinski definition) is 1. The largest absolute Gasteiger partial charge is 0.398 e. The van der Waals surface area contributed by atoms with E-state index < -0.39 is 10.0 Å². The molecule has 0 bridgehead atoms. The van der Waals surface area contributed by atoms with E-state index in [1.807, 2.05) is 13.8 Å². The minimum Gasteiger partial charge on any atom is -0.398 e. The van der Waals surface area contributed by atoms with E-state index in [-0.39, 0.29) is 10.9 Å². The van der Waals surface area contributed by atoms with Gasteiger partial charge in [0.1, 0.15) is 0 Å². The third kappa shape index (κ3) is 2.56. The molecule has 0 spiro atoms. The summed E-state index contributed by atoms with van der Waals surface area (Å²) in [6.07, 6.45) is 0. The van der Waals surface area contributed by atoms with Crippen molar-refractivity contribution in [3.63, 3.8) is 0 Å². The molecule has 0 radical (unpaired) electrons. The highest BCUT2D eigenvalue weighted by Gasteiger charge is 2.23. The average Bonchev–Trinajstić information content (AvgIpc) is 2.20. The van der Waals surface area contributed by atoms with Crippen LogP contribution in [0.3, 0.4) is 0 Å². The van der Waals surface area contributed by atoms with Crippen molar-refractivity contribution in [2.45, 2.75) is 24.8 Å². The molecule has 0 atom stereocenters. The minimum atomic E-state index is -3.43. The molecule has 0 amide bonds. The second kappa shape index (κ2) is 4.73. The van der Waals surface area contributed by atoms with Gasteiger partial charge in [0.05, 0.1) is 4.90 Å². The quantitative estimate of drug-likeness (QED) is 0.869. The smallest absolute Gasteiger partial charge is 0.243 e. The number of halogens is 1. The molecule has 1 aromatic rings. The van der Waals surface area contributed by atoms with E-state index >= 15 is 0 Å². The molecule has 0 unspecified atom stereocenters. The van der Waals surface area contributed by atoms with Gasteiger partial charge in [-0.25, -0.2) is 8.42 Å². The monoisotopic (exact) mass is 306 g/mol. The van der Waals surface area contributed by atoms with Crippen LogP contribution in [0.25, 0.3) is 0 Å². The van der Waals surface area contributed by atoms with Crippen LogP contribution in [0.15, 0.2) is 27.6 Å². The number of nitrogens with zero attached hydrogens (tertiary/aromatic N) is 1. The zero-order chi connectivity index (χ0) is 12.5. The molecule has 0 aliphatic carbocycles. The fourth-order valence-corrected chi connectivity index (χ4v) is 3.04. The molecule has 1 rings (SSSR count). The molecule has 6 heteroatoms. The predicted octanol–water partition coefficient (Wildman–Crippen LogP) is 2.06. The number of nitrogen functional groups attached to an aromatic ring is 1. The highest BCUT2D eigenvalue weighted by Crippen LogP contribution is 2.25. The normalized spacial score (nSPS) is 12.4. The van der Waals surface area contributed by atoms with Gasteiger partial charge in [0, 0.05) is 23.2 Å². The zero-order valence-corrected chi connectivity index (χ0v) is 11.8. The second-order valence-electron chi connectivity index (χ2n) is 3.80. The van der Waals surface area contributed by atoms with Gasteiger partial charge in [-0.2, -0.15) is 4.31 Å². The fraction of sp³-hybridized carbons (Fsp3) is 0.400. The van der Waals surface area contributed by atoms with Crippen molar-refractivity contribution in [2.24, 2.45) is 0 Å². The fourth-order valence-electron chi connectivity index (χ4n) is 1.11. The molecule has 4 nitrogen and oxygen atoms in total. The molecule has 0 saturated heterocycles. The molecule has 0 heterocycles. The van der Waals surface area contributed by atoms with Crippen LogP contribution in [0.5, 0.6) is 0 Å². The van der Waals surface area contributed by atoms with Gasteiger partial charge >= 0.3 is 0 Å². The first-order valence-corrected chi connectivity index (χ1v) is 7.03. The van der Waals surface area contributed by atoms with Crippen molar-refractivity contribution >= 4 is 31.6 Å². The molecule has 0 aromatic heterocycles. The van der Waals surface area contributed by atoms with Crippen LogP contribution < -0.4 is 5.73 Å². The van der Waals surface area contributed by atoms with Gasteiger partial charge in [0.2, 0.25) is 10.0 Å². The van der Waals surface area contributed by atoms with E-state index in [1.54, 1.807) is 13.1 Å². The van der Waals surface area contributed by atoms with Crippen LogP contribution in [0.2, 0.25) is 0 Å². The highest BCUT2D eigenvalue weighted by molar-refractivity contribution is 9.10. The lowest BCUT2D eigenvalue weighted by atomic mass is 10.3. The van der Waals surface area contributed by atoms with Crippen molar-refractivity contribution in [2.75, 3.05) is 12.8 Å². The number of rotatable bonds is 3. The Bertz CT molecular complexity index is 486. The van der Waals surface area contributed by atoms with Gasteiger partial charge in [-0.1, -0.05) is 0 Å². The van der Waals surface area contributed by atoms with Crippen LogP contribution in [0, 0.1) is 0 Å². The van der Waals surface area contributed by atoms with E-state index in [9.17, 15) is 8.42 Å². The summed E-state index contributed by atoms with van der Waals surface area (Å²) in [4.78, 5) is 0.241. The molecule has 0 aliphatic rings. The number of benzene rings is 1. The first-order valence-electron chi connectivity index (χ1n) is 4.80. The lowest BCUT2D eigenvalue weighted by molar-refractivity contribution is 0.410. The highest BCUT2D eigenvalue weighted by atomic mass is 79.9. The number of anilines is 1. The maximum Gasteiger partial charge on any atom is 0.243 e. The van der Waals surface area contributed by atoms with E-state index in [0.717, 1.165) is 0 Å². The topological polar surface area (TPSA) is 63.4 Å². The van der Waals surface area contributed by atoms with Crippen LogP contribution >= 0.6 is 15.9 Å². The summed E-state index contributed by atoms with van der Waals surface area (Å²) in [5, 5.41) is 0. The summed E-state index contributed by atoms with van der Waals surface area (Å²) in [5.41, 5.74) is 6.13. The van der Waals surface area contributed by atoms with Crippen molar-refractivity contribution in [3.05, 3.63) is 22.7 Å². The predicted molar refractivity (Wildman–Crippen MR) is 68.6 cm³/mol. The zero-order valence-electron chi connectivity index (χ0n) is 9.44. The van der Waals surface area contributed by atoms with Gasteiger partial charge in [0.15, 0.2) is 0 Å². The molecule has 0 saturated carbocycles. The van der Waals surface area contributed by atoms with Crippen molar-refractivity contribution in [1.82, 2.24) is 4.31 Å². The summed E-state index contributed by atoms with van der Waals surface area (Å²) < 4.78 is 26.1. The van der Waals surface area contributed by atoms with Gasteiger partial charge in [-0.05, 0) is 48.0 Å². The SMILES string of the molecule is CC(C)N(C)S(=O)(=O)c1ccc(N)c(Br)c1. The summed E-state index contributed by atoms with van der Waals surface area (Å²) >= 11 is 3.22. The Balaban J connectivity index is 3.23. The summed E-state index contributed by atoms with van der Waals surface area (Å²) in [5.74, 6) is 0. The number of nitrogens with two attached hydrogens (primary N) is 1. The molecule has 0 fully saturated rings. The lowest BCUT2D eigenvalue weighted by Crippen LogP contribution is -2.33. The molecular formula is C10H15BrN2O2S. The molecule has 2 N–H and O–H groups in total. The Hall–Kier alpha value is -0.590. The standard InChI is InChI=1S/C10H15BrN2O2S/c1-7(2)13(3)16(14,15)8-4-5-10(12)9(11)6-8/h4-7H,12H2,1-3H3. The van der Waals surface area contributed by atoms with E-state index in [4.69, 9.17) is 5.73 Å². The van der Waals surface area contributed by atoms with Crippen molar-refractivity contribution in [1.29, 1.82) is 0 Å². The first kappa shape index (κ1) is 13.5. The van der Waals surface area contributed by atoms with Gasteiger partial charge in [-0.15, -0.1) is 0 Å². The van der Waals surface area contributed by atoms with Gasteiger partial charge < -0.3 is 5.73 Å². The maximum atomic E-state index is 12.1. The van der Waals surface area contributed by atoms with Gasteiger partial charge in [0.25, 0.3) is 0 Å². The van der Waals surface area contributed by atoms with E-state index in [1.165, 1.54) is 16.4 Å². The molecule has 1 aromatic carbocycles. The molecule has 16 heavy (non-hydrogen) atoms. The minimum absolute atomic E-state index is 0.0821. The van der Waals surface area contributed by atoms with Crippen LogP contribution in [-0.4, -0.2) is 25.8 Å². The Morgan fingerprint density at radius 2 is 1.94 bits per heavy atom. The Kier molecular flexibility index (Phi) is 3.98. The summed E-state index contributed by atoms with van der Waals surface area (Å²) in [7, 11) is -1.87. The first-order chi connectivity index (χ1) is 7.26. The Labute approximate surface area is 105 Å².